The molecule has 6 nitrogen and oxygen atoms in total. The van der Waals surface area contributed by atoms with Crippen LogP contribution in [0.2, 0.25) is 0 Å². The molecule has 6 heteroatoms. The Kier molecular flexibility index (Phi) is 5.44. The molecule has 106 valence electrons. The summed E-state index contributed by atoms with van der Waals surface area (Å²) < 4.78 is 15.6. The van der Waals surface area contributed by atoms with E-state index in [4.69, 9.17) is 25.1 Å². The molecule has 1 unspecified atom stereocenters. The summed E-state index contributed by atoms with van der Waals surface area (Å²) >= 11 is 0. The van der Waals surface area contributed by atoms with Crippen molar-refractivity contribution in [3.8, 4) is 17.2 Å². The number of rotatable bonds is 7. The van der Waals surface area contributed by atoms with Gasteiger partial charge in [-0.1, -0.05) is 0 Å². The van der Waals surface area contributed by atoms with Gasteiger partial charge < -0.3 is 25.1 Å². The Bertz CT molecular complexity index is 422. The first-order valence-corrected chi connectivity index (χ1v) is 5.80. The van der Waals surface area contributed by atoms with Crippen LogP contribution in [0.15, 0.2) is 12.1 Å². The molecule has 1 atom stereocenters. The molecular formula is C13H19NO5. The Morgan fingerprint density at radius 3 is 2.11 bits per heavy atom. The fraction of sp³-hybridized carbons (Fsp3) is 0.462. The number of nitrogens with two attached hydrogens (primary N) is 1. The molecule has 0 saturated heterocycles. The molecule has 0 aliphatic heterocycles. The van der Waals surface area contributed by atoms with Crippen LogP contribution in [0.25, 0.3) is 0 Å². The molecule has 0 aliphatic carbocycles. The van der Waals surface area contributed by atoms with Gasteiger partial charge in [0, 0.05) is 12.5 Å². The molecule has 3 N–H and O–H groups in total. The van der Waals surface area contributed by atoms with Gasteiger partial charge in [-0.2, -0.15) is 0 Å². The lowest BCUT2D eigenvalue weighted by Gasteiger charge is -2.17. The second kappa shape index (κ2) is 6.84. The van der Waals surface area contributed by atoms with Crippen molar-refractivity contribution in [3.05, 3.63) is 17.7 Å². The Morgan fingerprint density at radius 2 is 1.74 bits per heavy atom. The molecule has 0 heterocycles. The van der Waals surface area contributed by atoms with E-state index >= 15 is 0 Å². The van der Waals surface area contributed by atoms with Gasteiger partial charge in [-0.3, -0.25) is 4.79 Å². The number of ether oxygens (including phenoxy) is 3. The third kappa shape index (κ3) is 3.75. The molecule has 0 amide bonds. The molecule has 1 aromatic rings. The van der Waals surface area contributed by atoms with Crippen LogP contribution in [0.4, 0.5) is 0 Å². The van der Waals surface area contributed by atoms with Crippen molar-refractivity contribution in [2.75, 3.05) is 21.3 Å². The van der Waals surface area contributed by atoms with E-state index in [0.29, 0.717) is 23.7 Å². The number of hydrogen-bond donors (Lipinski definition) is 2. The maximum absolute atomic E-state index is 10.6. The van der Waals surface area contributed by atoms with Crippen molar-refractivity contribution in [2.24, 2.45) is 5.73 Å². The summed E-state index contributed by atoms with van der Waals surface area (Å²) in [5.41, 5.74) is 6.71. The molecule has 0 bridgehead atoms. The molecule has 19 heavy (non-hydrogen) atoms. The van der Waals surface area contributed by atoms with Crippen molar-refractivity contribution in [1.29, 1.82) is 0 Å². The van der Waals surface area contributed by atoms with Crippen LogP contribution in [0.1, 0.15) is 24.4 Å². The summed E-state index contributed by atoms with van der Waals surface area (Å²) in [5, 5.41) is 8.67. The van der Waals surface area contributed by atoms with E-state index in [1.807, 2.05) is 0 Å². The lowest BCUT2D eigenvalue weighted by molar-refractivity contribution is -0.137. The van der Waals surface area contributed by atoms with Crippen LogP contribution in [0, 0.1) is 0 Å². The first kappa shape index (κ1) is 15.1. The molecule has 0 fully saturated rings. The molecule has 0 aromatic heterocycles. The van der Waals surface area contributed by atoms with E-state index in [1.54, 1.807) is 12.1 Å². The van der Waals surface area contributed by atoms with Crippen molar-refractivity contribution in [1.82, 2.24) is 0 Å². The Labute approximate surface area is 112 Å². The quantitative estimate of drug-likeness (QED) is 0.781. The number of aliphatic carboxylic acids is 1. The number of carbonyl (C=O) groups is 1. The molecule has 0 saturated carbocycles. The van der Waals surface area contributed by atoms with Crippen molar-refractivity contribution >= 4 is 5.97 Å². The third-order valence-corrected chi connectivity index (χ3v) is 2.78. The van der Waals surface area contributed by atoms with Gasteiger partial charge in [-0.15, -0.1) is 0 Å². The van der Waals surface area contributed by atoms with E-state index in [-0.39, 0.29) is 6.42 Å². The highest BCUT2D eigenvalue weighted by atomic mass is 16.5. The minimum Gasteiger partial charge on any atom is -0.493 e. The summed E-state index contributed by atoms with van der Waals surface area (Å²) in [4.78, 5) is 10.6. The summed E-state index contributed by atoms with van der Waals surface area (Å²) in [5.74, 6) is 0.618. The van der Waals surface area contributed by atoms with Gasteiger partial charge in [-0.05, 0) is 24.1 Å². The molecular weight excluding hydrogens is 250 g/mol. The Morgan fingerprint density at radius 1 is 1.21 bits per heavy atom. The fourth-order valence-electron chi connectivity index (χ4n) is 1.76. The van der Waals surface area contributed by atoms with E-state index < -0.39 is 12.0 Å². The zero-order valence-corrected chi connectivity index (χ0v) is 11.3. The second-order valence-corrected chi connectivity index (χ2v) is 4.00. The van der Waals surface area contributed by atoms with E-state index in [0.717, 1.165) is 5.56 Å². The van der Waals surface area contributed by atoms with Crippen LogP contribution in [0.5, 0.6) is 17.2 Å². The zero-order chi connectivity index (χ0) is 14.4. The maximum atomic E-state index is 10.6. The van der Waals surface area contributed by atoms with E-state index in [1.165, 1.54) is 21.3 Å². The molecule has 0 spiro atoms. The van der Waals surface area contributed by atoms with Crippen LogP contribution >= 0.6 is 0 Å². The molecule has 1 rings (SSSR count). The minimum absolute atomic E-state index is 0.0117. The smallest absolute Gasteiger partial charge is 0.303 e. The summed E-state index contributed by atoms with van der Waals surface area (Å²) in [6.07, 6.45) is 0.353. The average molecular weight is 269 g/mol. The van der Waals surface area contributed by atoms with E-state index in [2.05, 4.69) is 0 Å². The number of methoxy groups -OCH3 is 3. The highest BCUT2D eigenvalue weighted by Gasteiger charge is 2.17. The lowest BCUT2D eigenvalue weighted by atomic mass is 10.0. The standard InChI is InChI=1S/C13H19NO5/c1-17-10-6-8(9(14)4-5-12(15)16)7-11(18-2)13(10)19-3/h6-7,9H,4-5,14H2,1-3H3,(H,15,16). The molecule has 0 aliphatic rings. The van der Waals surface area contributed by atoms with Gasteiger partial charge in [0.15, 0.2) is 11.5 Å². The zero-order valence-electron chi connectivity index (χ0n) is 11.3. The van der Waals surface area contributed by atoms with Crippen LogP contribution in [-0.2, 0) is 4.79 Å². The number of hydrogen-bond acceptors (Lipinski definition) is 5. The molecule has 0 radical (unpaired) electrons. The van der Waals surface area contributed by atoms with Gasteiger partial charge in [0.1, 0.15) is 0 Å². The van der Waals surface area contributed by atoms with Crippen LogP contribution < -0.4 is 19.9 Å². The summed E-state index contributed by atoms with van der Waals surface area (Å²) in [6, 6.07) is 3.06. The third-order valence-electron chi connectivity index (χ3n) is 2.78. The van der Waals surface area contributed by atoms with Gasteiger partial charge in [0.05, 0.1) is 21.3 Å². The highest BCUT2D eigenvalue weighted by Crippen LogP contribution is 2.39. The fourth-order valence-corrected chi connectivity index (χ4v) is 1.76. The summed E-state index contributed by atoms with van der Waals surface area (Å²) in [6.45, 7) is 0. The van der Waals surface area contributed by atoms with Crippen LogP contribution in [-0.4, -0.2) is 32.4 Å². The Hall–Kier alpha value is -1.95. The normalized spacial score (nSPS) is 11.8. The maximum Gasteiger partial charge on any atom is 0.303 e. The van der Waals surface area contributed by atoms with Crippen LogP contribution in [0.3, 0.4) is 0 Å². The monoisotopic (exact) mass is 269 g/mol. The van der Waals surface area contributed by atoms with E-state index in [9.17, 15) is 4.79 Å². The minimum atomic E-state index is -0.872. The van der Waals surface area contributed by atoms with Crippen molar-refractivity contribution in [3.63, 3.8) is 0 Å². The first-order chi connectivity index (χ1) is 9.03. The number of carboxylic acid groups (broad SMARTS) is 1. The van der Waals surface area contributed by atoms with Gasteiger partial charge in [0.2, 0.25) is 5.75 Å². The topological polar surface area (TPSA) is 91.0 Å². The van der Waals surface area contributed by atoms with Gasteiger partial charge in [-0.25, -0.2) is 0 Å². The van der Waals surface area contributed by atoms with Gasteiger partial charge in [0.25, 0.3) is 0 Å². The average Bonchev–Trinajstić information content (AvgIpc) is 2.42. The molecule has 1 aromatic carbocycles. The predicted octanol–water partition coefficient (Wildman–Crippen LogP) is 1.58. The number of carboxylic acids is 1. The predicted molar refractivity (Wildman–Crippen MR) is 69.9 cm³/mol. The largest absolute Gasteiger partial charge is 0.493 e. The number of benzene rings is 1. The van der Waals surface area contributed by atoms with Crippen molar-refractivity contribution in [2.45, 2.75) is 18.9 Å². The highest BCUT2D eigenvalue weighted by molar-refractivity contribution is 5.66. The summed E-state index contributed by atoms with van der Waals surface area (Å²) in [7, 11) is 4.55. The van der Waals surface area contributed by atoms with Gasteiger partial charge >= 0.3 is 5.97 Å². The SMILES string of the molecule is COc1cc(C(N)CCC(=O)O)cc(OC)c1OC. The Balaban J connectivity index is 3.04. The lowest BCUT2D eigenvalue weighted by Crippen LogP contribution is -2.13. The second-order valence-electron chi connectivity index (χ2n) is 4.00. The van der Waals surface area contributed by atoms with Crippen molar-refractivity contribution < 1.29 is 24.1 Å². The first-order valence-electron chi connectivity index (χ1n) is 5.80.